The van der Waals surface area contributed by atoms with E-state index in [-0.39, 0.29) is 5.60 Å². The van der Waals surface area contributed by atoms with Gasteiger partial charge in [0, 0.05) is 0 Å². The van der Waals surface area contributed by atoms with Gasteiger partial charge in [0.05, 0.1) is 0 Å². The molecule has 0 atom stereocenters. The van der Waals surface area contributed by atoms with E-state index >= 15 is 0 Å². The summed E-state index contributed by atoms with van der Waals surface area (Å²) in [6.07, 6.45) is 0. The Balaban J connectivity index is 2.77. The van der Waals surface area contributed by atoms with Crippen LogP contribution in [0.1, 0.15) is 20.8 Å². The van der Waals surface area contributed by atoms with Gasteiger partial charge >= 0.3 is 91.9 Å². The van der Waals surface area contributed by atoms with E-state index in [2.05, 4.69) is 32.9 Å². The molecule has 0 aromatic heterocycles. The van der Waals surface area contributed by atoms with Crippen LogP contribution in [0.3, 0.4) is 0 Å². The minimum atomic E-state index is -0.0879. The molecule has 1 aromatic rings. The molecule has 0 aliphatic carbocycles. The first-order valence-corrected chi connectivity index (χ1v) is 5.23. The van der Waals surface area contributed by atoms with Gasteiger partial charge in [-0.1, -0.05) is 0 Å². The van der Waals surface area contributed by atoms with Crippen molar-refractivity contribution in [2.75, 3.05) is 0 Å². The van der Waals surface area contributed by atoms with Crippen molar-refractivity contribution in [3.63, 3.8) is 0 Å². The van der Waals surface area contributed by atoms with Crippen molar-refractivity contribution in [2.24, 2.45) is 0 Å². The molecule has 60 valence electrons. The number of ether oxygens (including phenoxy) is 1. The molecule has 12 heavy (non-hydrogen) atoms. The predicted molar refractivity (Wildman–Crippen MR) is 52.2 cm³/mol. The maximum absolute atomic E-state index is 5.70. The van der Waals surface area contributed by atoms with E-state index in [0.717, 1.165) is 33.7 Å². The van der Waals surface area contributed by atoms with E-state index in [1.165, 1.54) is 2.81 Å². The second-order valence-electron chi connectivity index (χ2n) is 4.03. The molecule has 0 bridgehead atoms. The molecular weight excluding hydrogens is 159 g/mol. The van der Waals surface area contributed by atoms with Gasteiger partial charge in [-0.25, -0.2) is 0 Å². The van der Waals surface area contributed by atoms with Crippen LogP contribution in [0.2, 0.25) is 0 Å². The Kier molecular flexibility index (Phi) is 3.22. The second-order valence-corrected chi connectivity index (χ2v) is 5.19. The Morgan fingerprint density at radius 3 is 2.42 bits per heavy atom. The summed E-state index contributed by atoms with van der Waals surface area (Å²) in [5.74, 6) is 0.981. The van der Waals surface area contributed by atoms with Gasteiger partial charge < -0.3 is 0 Å². The van der Waals surface area contributed by atoms with Crippen LogP contribution in [0.4, 0.5) is 0 Å². The molecule has 0 amide bonds. The summed E-state index contributed by atoms with van der Waals surface area (Å²) in [6.45, 7) is 6.19. The molecule has 0 radical (unpaired) electrons. The first-order chi connectivity index (χ1) is 5.47. The Hall–Kier alpha value is 0.0200. The first-order valence-electron chi connectivity index (χ1n) is 4.23. The van der Waals surface area contributed by atoms with Crippen molar-refractivity contribution in [1.29, 1.82) is 0 Å². The van der Waals surface area contributed by atoms with Crippen molar-refractivity contribution in [1.82, 2.24) is 0 Å². The Labute approximate surface area is 91.5 Å². The Bertz CT molecular complexity index is 263. The number of hydrogen-bond acceptors (Lipinski definition) is 1. The van der Waals surface area contributed by atoms with E-state index in [1.54, 1.807) is 0 Å². The van der Waals surface area contributed by atoms with Crippen molar-refractivity contribution in [3.8, 4) is 5.75 Å². The van der Waals surface area contributed by atoms with Crippen molar-refractivity contribution >= 4 is 30.7 Å². The molecule has 2 heteroatoms. The molecule has 0 aliphatic heterocycles. The molecule has 1 rings (SSSR count). The van der Waals surface area contributed by atoms with Gasteiger partial charge in [0.1, 0.15) is 0 Å². The van der Waals surface area contributed by atoms with Crippen molar-refractivity contribution < 1.29 is 4.74 Å². The zero-order valence-corrected chi connectivity index (χ0v) is 10.2. The fourth-order valence-corrected chi connectivity index (χ4v) is 1.51. The van der Waals surface area contributed by atoms with Gasteiger partial charge in [0.2, 0.25) is 0 Å². The third-order valence-electron chi connectivity index (χ3n) is 1.41. The van der Waals surface area contributed by atoms with Crippen LogP contribution in [0.5, 0.6) is 5.75 Å². The molecule has 1 aromatic carbocycles. The topological polar surface area (TPSA) is 9.23 Å². The second kappa shape index (κ2) is 3.82. The zero-order valence-electron chi connectivity index (χ0n) is 8.22. The first kappa shape index (κ1) is 10.1. The summed E-state index contributed by atoms with van der Waals surface area (Å²) in [5, 5.41) is 0. The van der Waals surface area contributed by atoms with Crippen LogP contribution in [-0.2, 0) is 0 Å². The molecule has 0 heterocycles. The van der Waals surface area contributed by atoms with E-state index < -0.39 is 0 Å². The fourth-order valence-electron chi connectivity index (χ4n) is 1.03. The fraction of sp³-hybridized carbons (Fsp3) is 0.400. The molecule has 0 aliphatic rings. The molecule has 0 unspecified atom stereocenters. The molecule has 0 fully saturated rings. The third-order valence-corrected chi connectivity index (χ3v) is 2.04. The molecule has 1 nitrogen and oxygen atoms in total. The molecule has 0 spiro atoms. The zero-order chi connectivity index (χ0) is 9.19. The summed E-state index contributed by atoms with van der Waals surface area (Å²) in [4.78, 5) is 0. The van der Waals surface area contributed by atoms with Crippen molar-refractivity contribution in [3.05, 3.63) is 24.3 Å². The SMILES string of the molecule is CC(C)(C)Oc1ccc[c]([Na])c1. The molecule has 0 saturated carbocycles. The molecular formula is C10H13NaO. The van der Waals surface area contributed by atoms with Crippen LogP contribution < -0.4 is 7.55 Å². The van der Waals surface area contributed by atoms with Crippen molar-refractivity contribution in [2.45, 2.75) is 26.4 Å². The monoisotopic (exact) mass is 172 g/mol. The van der Waals surface area contributed by atoms with E-state index in [4.69, 9.17) is 4.74 Å². The van der Waals surface area contributed by atoms with Crippen LogP contribution in [0.15, 0.2) is 24.3 Å². The Morgan fingerprint density at radius 1 is 1.25 bits per heavy atom. The summed E-state index contributed by atoms with van der Waals surface area (Å²) in [7, 11) is 0. The number of hydrogen-bond donors (Lipinski definition) is 0. The van der Waals surface area contributed by atoms with Crippen LogP contribution in [0.25, 0.3) is 0 Å². The van der Waals surface area contributed by atoms with Gasteiger partial charge in [-0.3, -0.25) is 0 Å². The van der Waals surface area contributed by atoms with E-state index in [0.29, 0.717) is 0 Å². The number of benzene rings is 1. The summed E-state index contributed by atoms with van der Waals surface area (Å²) in [6, 6.07) is 8.29. The molecule has 0 saturated heterocycles. The maximum atomic E-state index is 5.70. The van der Waals surface area contributed by atoms with Gasteiger partial charge in [0.15, 0.2) is 0 Å². The standard InChI is InChI=1S/C10H13O.Na/c1-10(2,3)11-9-7-5-4-6-8-9;/h4-5,7-8H,1-3H3;. The summed E-state index contributed by atoms with van der Waals surface area (Å²) >= 11 is 1.08. The average Bonchev–Trinajstić information content (AvgIpc) is 1.82. The van der Waals surface area contributed by atoms with Gasteiger partial charge in [-0.05, 0) is 0 Å². The van der Waals surface area contributed by atoms with E-state index in [9.17, 15) is 0 Å². The van der Waals surface area contributed by atoms with Crippen LogP contribution in [-0.4, -0.2) is 33.5 Å². The quantitative estimate of drug-likeness (QED) is 0.585. The van der Waals surface area contributed by atoms with Crippen LogP contribution >= 0.6 is 0 Å². The van der Waals surface area contributed by atoms with Gasteiger partial charge in [-0.15, -0.1) is 0 Å². The third kappa shape index (κ3) is 3.61. The van der Waals surface area contributed by atoms with Gasteiger partial charge in [0.25, 0.3) is 0 Å². The van der Waals surface area contributed by atoms with E-state index in [1.807, 2.05) is 12.1 Å². The summed E-state index contributed by atoms with van der Waals surface area (Å²) in [5.41, 5.74) is -0.0879. The molecule has 0 N–H and O–H groups in total. The average molecular weight is 172 g/mol. The normalized spacial score (nSPS) is 11.4. The number of rotatable bonds is 1. The van der Waals surface area contributed by atoms with Crippen LogP contribution in [0, 0.1) is 0 Å². The Morgan fingerprint density at radius 2 is 1.92 bits per heavy atom. The summed E-state index contributed by atoms with van der Waals surface area (Å²) < 4.78 is 7.08. The van der Waals surface area contributed by atoms with Gasteiger partial charge in [-0.2, -0.15) is 0 Å². The minimum absolute atomic E-state index is 0.0879. The predicted octanol–water partition coefficient (Wildman–Crippen LogP) is 1.66.